The summed E-state index contributed by atoms with van der Waals surface area (Å²) in [6, 6.07) is 6.42. The molecule has 8 heteroatoms. The number of rotatable bonds is 5. The summed E-state index contributed by atoms with van der Waals surface area (Å²) in [5, 5.41) is 2.45. The van der Waals surface area contributed by atoms with Crippen LogP contribution in [-0.2, 0) is 6.18 Å². The third-order valence-corrected chi connectivity index (χ3v) is 3.73. The number of hydrogen-bond acceptors (Lipinski definition) is 4. The summed E-state index contributed by atoms with van der Waals surface area (Å²) < 4.78 is 54.5. The second-order valence-electron chi connectivity index (χ2n) is 5.40. The van der Waals surface area contributed by atoms with Crippen LogP contribution in [0.25, 0.3) is 0 Å². The van der Waals surface area contributed by atoms with Crippen molar-refractivity contribution in [3.8, 4) is 17.2 Å². The highest BCUT2D eigenvalue weighted by atomic mass is 19.4. The number of amides is 1. The normalized spacial score (nSPS) is 11.0. The van der Waals surface area contributed by atoms with Gasteiger partial charge >= 0.3 is 6.18 Å². The molecule has 26 heavy (non-hydrogen) atoms. The molecule has 0 saturated heterocycles. The van der Waals surface area contributed by atoms with Gasteiger partial charge in [-0.25, -0.2) is 0 Å². The summed E-state index contributed by atoms with van der Waals surface area (Å²) in [6.45, 7) is 1.35. The smallest absolute Gasteiger partial charge is 0.416 e. The number of carbonyl (C=O) groups is 1. The van der Waals surface area contributed by atoms with Gasteiger partial charge in [0.05, 0.1) is 26.9 Å². The number of methoxy groups -OCH3 is 3. The molecular weight excluding hydrogens is 351 g/mol. The number of alkyl halides is 3. The predicted molar refractivity (Wildman–Crippen MR) is 90.2 cm³/mol. The SMILES string of the molecule is COc1cc(C(=O)Nc2ccc(C)c(C(F)(F)F)c2)cc(OC)c1OC. The third-order valence-electron chi connectivity index (χ3n) is 3.73. The van der Waals surface area contributed by atoms with Gasteiger partial charge in [0.1, 0.15) is 0 Å². The second kappa shape index (κ2) is 7.55. The van der Waals surface area contributed by atoms with Crippen LogP contribution < -0.4 is 19.5 Å². The molecule has 0 aliphatic heterocycles. The zero-order valence-electron chi connectivity index (χ0n) is 14.7. The lowest BCUT2D eigenvalue weighted by molar-refractivity contribution is -0.138. The molecule has 0 aliphatic carbocycles. The van der Waals surface area contributed by atoms with Crippen molar-refractivity contribution in [3.05, 3.63) is 47.0 Å². The first-order chi connectivity index (χ1) is 12.2. The summed E-state index contributed by atoms with van der Waals surface area (Å²) in [7, 11) is 4.22. The van der Waals surface area contributed by atoms with Crippen molar-refractivity contribution in [2.45, 2.75) is 13.1 Å². The van der Waals surface area contributed by atoms with Crippen molar-refractivity contribution < 1.29 is 32.2 Å². The Balaban J connectivity index is 2.36. The zero-order chi connectivity index (χ0) is 19.5. The Hall–Kier alpha value is -2.90. The Morgan fingerprint density at radius 3 is 2.00 bits per heavy atom. The molecule has 1 amide bonds. The number of hydrogen-bond donors (Lipinski definition) is 1. The number of ether oxygens (including phenoxy) is 3. The summed E-state index contributed by atoms with van der Waals surface area (Å²) in [6.07, 6.45) is -4.50. The van der Waals surface area contributed by atoms with Gasteiger partial charge < -0.3 is 19.5 Å². The van der Waals surface area contributed by atoms with Crippen molar-refractivity contribution >= 4 is 11.6 Å². The van der Waals surface area contributed by atoms with E-state index >= 15 is 0 Å². The van der Waals surface area contributed by atoms with Crippen molar-refractivity contribution in [3.63, 3.8) is 0 Å². The molecule has 0 unspecified atom stereocenters. The van der Waals surface area contributed by atoms with E-state index in [2.05, 4.69) is 5.32 Å². The fraction of sp³-hybridized carbons (Fsp3) is 0.278. The number of benzene rings is 2. The number of aryl methyl sites for hydroxylation is 1. The van der Waals surface area contributed by atoms with Gasteiger partial charge in [-0.3, -0.25) is 4.79 Å². The Labute approximate surface area is 148 Å². The molecule has 140 valence electrons. The van der Waals surface area contributed by atoms with Crippen LogP contribution in [0.4, 0.5) is 18.9 Å². The minimum atomic E-state index is -4.50. The van der Waals surface area contributed by atoms with Crippen molar-refractivity contribution in [1.29, 1.82) is 0 Å². The summed E-state index contributed by atoms with van der Waals surface area (Å²) in [4.78, 5) is 12.5. The maximum atomic E-state index is 13.0. The molecule has 0 heterocycles. The number of halogens is 3. The lowest BCUT2D eigenvalue weighted by atomic mass is 10.1. The van der Waals surface area contributed by atoms with E-state index in [1.807, 2.05) is 0 Å². The van der Waals surface area contributed by atoms with E-state index in [1.54, 1.807) is 0 Å². The Morgan fingerprint density at radius 2 is 1.54 bits per heavy atom. The highest BCUT2D eigenvalue weighted by Crippen LogP contribution is 2.38. The fourth-order valence-electron chi connectivity index (χ4n) is 2.42. The topological polar surface area (TPSA) is 56.8 Å². The van der Waals surface area contributed by atoms with E-state index < -0.39 is 17.6 Å². The first-order valence-corrected chi connectivity index (χ1v) is 7.50. The monoisotopic (exact) mass is 369 g/mol. The van der Waals surface area contributed by atoms with Crippen LogP contribution in [0, 0.1) is 6.92 Å². The lowest BCUT2D eigenvalue weighted by Crippen LogP contribution is -2.14. The molecule has 2 rings (SSSR count). The quantitative estimate of drug-likeness (QED) is 0.854. The minimum Gasteiger partial charge on any atom is -0.493 e. The van der Waals surface area contributed by atoms with Crippen molar-refractivity contribution in [2.75, 3.05) is 26.6 Å². The largest absolute Gasteiger partial charge is 0.493 e. The van der Waals surface area contributed by atoms with E-state index in [0.717, 1.165) is 6.07 Å². The molecule has 5 nitrogen and oxygen atoms in total. The van der Waals surface area contributed by atoms with E-state index in [0.29, 0.717) is 5.75 Å². The van der Waals surface area contributed by atoms with Gasteiger partial charge in [-0.1, -0.05) is 6.07 Å². The van der Waals surface area contributed by atoms with Gasteiger partial charge in [0.2, 0.25) is 5.75 Å². The molecule has 0 aliphatic rings. The van der Waals surface area contributed by atoms with Crippen LogP contribution in [0.2, 0.25) is 0 Å². The Kier molecular flexibility index (Phi) is 5.64. The highest BCUT2D eigenvalue weighted by molar-refractivity contribution is 6.05. The third kappa shape index (κ3) is 4.01. The summed E-state index contributed by atoms with van der Waals surface area (Å²) in [5.41, 5.74) is -0.557. The molecule has 0 aromatic heterocycles. The van der Waals surface area contributed by atoms with E-state index in [-0.39, 0.29) is 28.3 Å². The van der Waals surface area contributed by atoms with Crippen LogP contribution >= 0.6 is 0 Å². The number of carbonyl (C=O) groups excluding carboxylic acids is 1. The summed E-state index contributed by atoms with van der Waals surface area (Å²) >= 11 is 0. The van der Waals surface area contributed by atoms with Gasteiger partial charge in [-0.2, -0.15) is 13.2 Å². The average Bonchev–Trinajstić information content (AvgIpc) is 2.60. The zero-order valence-corrected chi connectivity index (χ0v) is 14.7. The molecule has 2 aromatic carbocycles. The Bertz CT molecular complexity index is 794. The van der Waals surface area contributed by atoms with Crippen LogP contribution in [0.3, 0.4) is 0 Å². The van der Waals surface area contributed by atoms with Gasteiger partial charge in [-0.05, 0) is 36.8 Å². The van der Waals surface area contributed by atoms with E-state index in [4.69, 9.17) is 14.2 Å². The standard InChI is InChI=1S/C18H18F3NO4/c1-10-5-6-12(9-13(10)18(19,20)21)22-17(23)11-7-14(24-2)16(26-4)15(8-11)25-3/h5-9H,1-4H3,(H,22,23). The molecule has 0 radical (unpaired) electrons. The minimum absolute atomic E-state index is 0.0293. The van der Waals surface area contributed by atoms with Crippen molar-refractivity contribution in [1.82, 2.24) is 0 Å². The molecule has 0 atom stereocenters. The van der Waals surface area contributed by atoms with Gasteiger partial charge in [0.15, 0.2) is 11.5 Å². The first kappa shape index (κ1) is 19.4. The molecule has 0 bridgehead atoms. The second-order valence-corrected chi connectivity index (χ2v) is 5.40. The predicted octanol–water partition coefficient (Wildman–Crippen LogP) is 4.29. The first-order valence-electron chi connectivity index (χ1n) is 7.50. The van der Waals surface area contributed by atoms with Crippen LogP contribution in [0.15, 0.2) is 30.3 Å². The number of nitrogens with one attached hydrogen (secondary N) is 1. The van der Waals surface area contributed by atoms with E-state index in [9.17, 15) is 18.0 Å². The molecule has 1 N–H and O–H groups in total. The van der Waals surface area contributed by atoms with Crippen LogP contribution in [0.1, 0.15) is 21.5 Å². The van der Waals surface area contributed by atoms with Gasteiger partial charge in [0, 0.05) is 11.3 Å². The number of anilines is 1. The molecule has 0 saturated carbocycles. The van der Waals surface area contributed by atoms with Crippen molar-refractivity contribution in [2.24, 2.45) is 0 Å². The lowest BCUT2D eigenvalue weighted by Gasteiger charge is -2.15. The molecular formula is C18H18F3NO4. The molecule has 0 spiro atoms. The van der Waals surface area contributed by atoms with Gasteiger partial charge in [0.25, 0.3) is 5.91 Å². The maximum absolute atomic E-state index is 13.0. The average molecular weight is 369 g/mol. The van der Waals surface area contributed by atoms with Crippen LogP contribution in [-0.4, -0.2) is 27.2 Å². The summed E-state index contributed by atoms with van der Waals surface area (Å²) in [5.74, 6) is 0.219. The molecule has 2 aromatic rings. The van der Waals surface area contributed by atoms with Crippen LogP contribution in [0.5, 0.6) is 17.2 Å². The highest BCUT2D eigenvalue weighted by Gasteiger charge is 2.32. The van der Waals surface area contributed by atoms with E-state index in [1.165, 1.54) is 52.5 Å². The Morgan fingerprint density at radius 1 is 0.962 bits per heavy atom. The maximum Gasteiger partial charge on any atom is 0.416 e. The fourth-order valence-corrected chi connectivity index (χ4v) is 2.42. The van der Waals surface area contributed by atoms with Gasteiger partial charge in [-0.15, -0.1) is 0 Å². The molecule has 0 fully saturated rings.